The summed E-state index contributed by atoms with van der Waals surface area (Å²) in [6.07, 6.45) is 5.67. The summed E-state index contributed by atoms with van der Waals surface area (Å²) in [5.74, 6) is -0.0348. The van der Waals surface area contributed by atoms with E-state index in [4.69, 9.17) is 4.74 Å². The molecule has 1 aliphatic heterocycles. The number of H-pyrrole nitrogens is 1. The van der Waals surface area contributed by atoms with Crippen LogP contribution in [0.15, 0.2) is 43.0 Å². The van der Waals surface area contributed by atoms with Gasteiger partial charge in [0.1, 0.15) is 11.8 Å². The largest absolute Gasteiger partial charge is 0.496 e. The summed E-state index contributed by atoms with van der Waals surface area (Å²) in [6.45, 7) is 1.66. The van der Waals surface area contributed by atoms with Crippen molar-refractivity contribution in [1.29, 1.82) is 0 Å². The minimum Gasteiger partial charge on any atom is -0.496 e. The van der Waals surface area contributed by atoms with E-state index in [0.717, 1.165) is 28.3 Å². The average Bonchev–Trinajstić information content (AvgIpc) is 3.32. The second-order valence-corrected chi connectivity index (χ2v) is 6.64. The molecule has 1 unspecified atom stereocenters. The first-order chi connectivity index (χ1) is 13.1. The molecule has 4 rings (SSSR count). The monoisotopic (exact) mass is 367 g/mol. The van der Waals surface area contributed by atoms with Crippen molar-refractivity contribution in [2.24, 2.45) is 0 Å². The van der Waals surface area contributed by atoms with E-state index >= 15 is 0 Å². The molecule has 0 amide bonds. The molecule has 0 saturated carbocycles. The Labute approximate surface area is 156 Å². The maximum atomic E-state index is 11.8. The maximum absolute atomic E-state index is 11.8. The van der Waals surface area contributed by atoms with E-state index in [1.807, 2.05) is 34.0 Å². The van der Waals surface area contributed by atoms with Crippen molar-refractivity contribution in [3.05, 3.63) is 65.5 Å². The molecule has 0 aliphatic carbocycles. The minimum atomic E-state index is -0.825. The topological polar surface area (TPSA) is 96.3 Å². The van der Waals surface area contributed by atoms with E-state index in [-0.39, 0.29) is 0 Å². The molecule has 0 saturated heterocycles. The van der Waals surface area contributed by atoms with Crippen LogP contribution in [0.4, 0.5) is 0 Å². The summed E-state index contributed by atoms with van der Waals surface area (Å²) in [5.41, 5.74) is 3.86. The normalized spacial score (nSPS) is 16.9. The molecule has 8 heteroatoms. The Hall–Kier alpha value is -3.13. The lowest BCUT2D eigenvalue weighted by Crippen LogP contribution is -2.45. The van der Waals surface area contributed by atoms with Crippen LogP contribution >= 0.6 is 0 Å². The van der Waals surface area contributed by atoms with E-state index < -0.39 is 12.0 Å². The van der Waals surface area contributed by atoms with Crippen LogP contribution in [-0.4, -0.2) is 48.9 Å². The number of aromatic nitrogens is 4. The Bertz CT molecular complexity index is 935. The van der Waals surface area contributed by atoms with Gasteiger partial charge in [-0.3, -0.25) is 14.4 Å². The molecule has 0 spiro atoms. The van der Waals surface area contributed by atoms with Gasteiger partial charge < -0.3 is 14.8 Å². The van der Waals surface area contributed by atoms with Gasteiger partial charge >= 0.3 is 5.97 Å². The number of rotatable bonds is 6. The molecular weight excluding hydrogens is 346 g/mol. The number of hydrogen-bond donors (Lipinski definition) is 2. The number of carboxylic acid groups (broad SMARTS) is 1. The highest BCUT2D eigenvalue weighted by Crippen LogP contribution is 2.26. The van der Waals surface area contributed by atoms with Crippen LogP contribution in [0.25, 0.3) is 0 Å². The lowest BCUT2D eigenvalue weighted by Gasteiger charge is -2.32. The summed E-state index contributed by atoms with van der Waals surface area (Å²) >= 11 is 0. The molecule has 1 atom stereocenters. The van der Waals surface area contributed by atoms with Gasteiger partial charge in [-0.15, -0.1) is 0 Å². The summed E-state index contributed by atoms with van der Waals surface area (Å²) < 4.78 is 7.31. The number of imidazole rings is 1. The third-order valence-electron chi connectivity index (χ3n) is 4.90. The summed E-state index contributed by atoms with van der Waals surface area (Å²) in [4.78, 5) is 21.1. The van der Waals surface area contributed by atoms with Crippen molar-refractivity contribution < 1.29 is 14.6 Å². The fourth-order valence-electron chi connectivity index (χ4n) is 3.55. The first kappa shape index (κ1) is 17.3. The van der Waals surface area contributed by atoms with Gasteiger partial charge in [0.05, 0.1) is 31.4 Å². The fourth-order valence-corrected chi connectivity index (χ4v) is 3.55. The highest BCUT2D eigenvalue weighted by atomic mass is 16.5. The second-order valence-electron chi connectivity index (χ2n) is 6.64. The van der Waals surface area contributed by atoms with E-state index in [9.17, 15) is 9.90 Å². The summed E-state index contributed by atoms with van der Waals surface area (Å²) in [7, 11) is 1.65. The number of hydrogen-bond acceptors (Lipinski definition) is 5. The van der Waals surface area contributed by atoms with Crippen molar-refractivity contribution in [3.63, 3.8) is 0 Å². The van der Waals surface area contributed by atoms with E-state index in [0.29, 0.717) is 26.1 Å². The molecule has 0 radical (unpaired) electrons. The Morgan fingerprint density at radius 3 is 3.04 bits per heavy atom. The summed E-state index contributed by atoms with van der Waals surface area (Å²) in [5, 5.41) is 13.9. The number of aliphatic carboxylic acids is 1. The number of nitrogens with one attached hydrogen (secondary N) is 1. The zero-order valence-electron chi connectivity index (χ0n) is 15.0. The molecular formula is C19H21N5O3. The molecule has 0 bridgehead atoms. The number of ether oxygens (including phenoxy) is 1. The number of carboxylic acids is 1. The minimum absolute atomic E-state index is 0.407. The van der Waals surface area contributed by atoms with Crippen LogP contribution in [0.3, 0.4) is 0 Å². The van der Waals surface area contributed by atoms with Crippen molar-refractivity contribution >= 4 is 5.97 Å². The van der Waals surface area contributed by atoms with Crippen LogP contribution in [0, 0.1) is 0 Å². The van der Waals surface area contributed by atoms with Crippen molar-refractivity contribution in [1.82, 2.24) is 24.6 Å². The van der Waals surface area contributed by atoms with Gasteiger partial charge in [0.2, 0.25) is 0 Å². The molecule has 1 aromatic carbocycles. The third-order valence-corrected chi connectivity index (χ3v) is 4.90. The Kier molecular flexibility index (Phi) is 4.64. The number of carbonyl (C=O) groups is 1. The highest BCUT2D eigenvalue weighted by molar-refractivity contribution is 5.74. The fraction of sp³-hybridized carbons (Fsp3) is 0.316. The Morgan fingerprint density at radius 2 is 2.30 bits per heavy atom. The SMILES string of the molecule is COc1ccc(CN2Cc3[nH]cnc3CC2C(=O)O)cc1Cn1cccn1. The predicted molar refractivity (Wildman–Crippen MR) is 97.3 cm³/mol. The Morgan fingerprint density at radius 1 is 1.41 bits per heavy atom. The molecule has 0 fully saturated rings. The molecule has 3 aromatic rings. The van der Waals surface area contributed by atoms with Gasteiger partial charge in [-0.2, -0.15) is 5.10 Å². The van der Waals surface area contributed by atoms with Gasteiger partial charge in [0.25, 0.3) is 0 Å². The molecule has 3 heterocycles. The lowest BCUT2D eigenvalue weighted by atomic mass is 10.0. The molecule has 140 valence electrons. The average molecular weight is 367 g/mol. The summed E-state index contributed by atoms with van der Waals surface area (Å²) in [6, 6.07) is 7.26. The van der Waals surface area contributed by atoms with E-state index in [1.165, 1.54) is 0 Å². The van der Waals surface area contributed by atoms with Crippen LogP contribution in [0.5, 0.6) is 5.75 Å². The van der Waals surface area contributed by atoms with Crippen molar-refractivity contribution in [3.8, 4) is 5.75 Å². The first-order valence-electron chi connectivity index (χ1n) is 8.75. The van der Waals surface area contributed by atoms with Gasteiger partial charge in [-0.25, -0.2) is 4.98 Å². The van der Waals surface area contributed by atoms with Crippen molar-refractivity contribution in [2.45, 2.75) is 32.1 Å². The zero-order chi connectivity index (χ0) is 18.8. The number of benzene rings is 1. The van der Waals surface area contributed by atoms with Crippen LogP contribution in [0.2, 0.25) is 0 Å². The molecule has 1 aliphatic rings. The smallest absolute Gasteiger partial charge is 0.321 e. The predicted octanol–water partition coefficient (Wildman–Crippen LogP) is 1.67. The number of fused-ring (bicyclic) bond motifs is 1. The molecule has 8 nitrogen and oxygen atoms in total. The zero-order valence-corrected chi connectivity index (χ0v) is 15.0. The number of aromatic amines is 1. The van der Waals surface area contributed by atoms with Crippen molar-refractivity contribution in [2.75, 3.05) is 7.11 Å². The first-order valence-corrected chi connectivity index (χ1v) is 8.75. The number of nitrogens with zero attached hydrogens (tertiary/aromatic N) is 4. The molecule has 2 aromatic heterocycles. The van der Waals surface area contributed by atoms with Crippen LogP contribution in [0.1, 0.15) is 22.5 Å². The Balaban J connectivity index is 1.58. The lowest BCUT2D eigenvalue weighted by molar-refractivity contribution is -0.144. The van der Waals surface area contributed by atoms with Gasteiger partial charge in [0.15, 0.2) is 0 Å². The van der Waals surface area contributed by atoms with Crippen LogP contribution in [-0.2, 0) is 30.8 Å². The number of methoxy groups -OCH3 is 1. The highest BCUT2D eigenvalue weighted by Gasteiger charge is 2.32. The molecule has 27 heavy (non-hydrogen) atoms. The standard InChI is InChI=1S/C19H21N5O3/c1-27-18-4-3-13(7-14(18)10-24-6-2-5-22-24)9-23-11-16-15(20-12-21-16)8-17(23)19(25)26/h2-7,12,17H,8-11H2,1H3,(H,20,21)(H,25,26). The van der Waals surface area contributed by atoms with E-state index in [2.05, 4.69) is 21.1 Å². The third kappa shape index (κ3) is 3.56. The van der Waals surface area contributed by atoms with Crippen LogP contribution < -0.4 is 4.74 Å². The van der Waals surface area contributed by atoms with E-state index in [1.54, 1.807) is 19.6 Å². The van der Waals surface area contributed by atoms with Gasteiger partial charge in [0, 0.05) is 37.5 Å². The maximum Gasteiger partial charge on any atom is 0.321 e. The van der Waals surface area contributed by atoms with Gasteiger partial charge in [-0.05, 0) is 23.8 Å². The molecule has 2 N–H and O–H groups in total. The van der Waals surface area contributed by atoms with Gasteiger partial charge in [-0.1, -0.05) is 6.07 Å². The quantitative estimate of drug-likeness (QED) is 0.688. The second kappa shape index (κ2) is 7.24.